The van der Waals surface area contributed by atoms with Gasteiger partial charge in [0.25, 0.3) is 0 Å². The summed E-state index contributed by atoms with van der Waals surface area (Å²) < 4.78 is 2.15. The van der Waals surface area contributed by atoms with Gasteiger partial charge in [0.05, 0.1) is 0 Å². The van der Waals surface area contributed by atoms with Crippen LogP contribution in [0.15, 0.2) is 12.4 Å². The smallest absolute Gasteiger partial charge is 0.203 e. The first kappa shape index (κ1) is 8.29. The quantitative estimate of drug-likeness (QED) is 0.740. The highest BCUT2D eigenvalue weighted by Gasteiger charge is 2.46. The van der Waals surface area contributed by atoms with Crippen LogP contribution in [0.2, 0.25) is 0 Å². The van der Waals surface area contributed by atoms with Crippen molar-refractivity contribution in [2.45, 2.75) is 32.0 Å². The molecule has 0 radical (unpaired) electrons. The van der Waals surface area contributed by atoms with E-state index < -0.39 is 0 Å². The molecule has 4 rings (SSSR count). The summed E-state index contributed by atoms with van der Waals surface area (Å²) in [6.45, 7) is 4.30. The van der Waals surface area contributed by atoms with Gasteiger partial charge in [0, 0.05) is 37.6 Å². The summed E-state index contributed by atoms with van der Waals surface area (Å²) in [6, 6.07) is 1.30. The standard InChI is InChI=1S/C10H16N4/c1-2-14-4-3-11-10(14)13-9-7-5-8(9)12-6-7/h3-4,7-9,12H,2,5-6H2,1H3,(H,11,13). The maximum atomic E-state index is 4.33. The fourth-order valence-corrected chi connectivity index (χ4v) is 2.55. The number of hydrogen-bond donors (Lipinski definition) is 2. The van der Waals surface area contributed by atoms with Crippen molar-refractivity contribution in [1.29, 1.82) is 0 Å². The van der Waals surface area contributed by atoms with Gasteiger partial charge in [-0.3, -0.25) is 0 Å². The van der Waals surface area contributed by atoms with Crippen molar-refractivity contribution in [1.82, 2.24) is 14.9 Å². The normalized spacial score (nSPS) is 34.2. The summed E-state index contributed by atoms with van der Waals surface area (Å²) in [7, 11) is 0. The Morgan fingerprint density at radius 1 is 1.71 bits per heavy atom. The molecule has 2 saturated heterocycles. The number of imidazole rings is 1. The van der Waals surface area contributed by atoms with E-state index in [0.29, 0.717) is 12.1 Å². The number of aryl methyl sites for hydroxylation is 1. The minimum Gasteiger partial charge on any atom is -0.351 e. The fourth-order valence-electron chi connectivity index (χ4n) is 2.55. The molecule has 0 spiro atoms. The number of anilines is 1. The topological polar surface area (TPSA) is 41.9 Å². The predicted octanol–water partition coefficient (Wildman–Crippen LogP) is 0.675. The van der Waals surface area contributed by atoms with Crippen LogP contribution in [0.3, 0.4) is 0 Å². The second kappa shape index (κ2) is 2.98. The fraction of sp³-hybridized carbons (Fsp3) is 0.700. The van der Waals surface area contributed by atoms with Crippen LogP contribution >= 0.6 is 0 Å². The maximum Gasteiger partial charge on any atom is 0.203 e. The molecule has 3 fully saturated rings. The van der Waals surface area contributed by atoms with Crippen LogP contribution in [0.4, 0.5) is 5.95 Å². The molecule has 76 valence electrons. The van der Waals surface area contributed by atoms with Gasteiger partial charge in [-0.05, 0) is 19.3 Å². The van der Waals surface area contributed by atoms with Gasteiger partial charge in [-0.15, -0.1) is 0 Å². The molecule has 0 aromatic carbocycles. The predicted molar refractivity (Wildman–Crippen MR) is 55.2 cm³/mol. The molecule has 1 saturated carbocycles. The van der Waals surface area contributed by atoms with Gasteiger partial charge in [-0.1, -0.05) is 0 Å². The second-order valence-electron chi connectivity index (χ2n) is 4.22. The lowest BCUT2D eigenvalue weighted by Gasteiger charge is -2.35. The molecular formula is C10H16N4. The molecule has 3 heterocycles. The van der Waals surface area contributed by atoms with Gasteiger partial charge >= 0.3 is 0 Å². The molecule has 1 aromatic heterocycles. The largest absolute Gasteiger partial charge is 0.351 e. The number of aromatic nitrogens is 2. The molecule has 4 nitrogen and oxygen atoms in total. The van der Waals surface area contributed by atoms with E-state index in [-0.39, 0.29) is 0 Å². The van der Waals surface area contributed by atoms with Crippen LogP contribution in [0, 0.1) is 5.92 Å². The van der Waals surface area contributed by atoms with Crippen LogP contribution in [0.1, 0.15) is 13.3 Å². The first-order valence-electron chi connectivity index (χ1n) is 5.39. The summed E-state index contributed by atoms with van der Waals surface area (Å²) >= 11 is 0. The minimum absolute atomic E-state index is 0.614. The molecule has 0 amide bonds. The Kier molecular flexibility index (Phi) is 1.77. The molecule has 1 aliphatic carbocycles. The third-order valence-corrected chi connectivity index (χ3v) is 3.49. The van der Waals surface area contributed by atoms with E-state index in [1.807, 2.05) is 12.4 Å². The van der Waals surface area contributed by atoms with E-state index in [2.05, 4.69) is 27.1 Å². The van der Waals surface area contributed by atoms with Crippen LogP contribution in [0.5, 0.6) is 0 Å². The Balaban J connectivity index is 1.72. The van der Waals surface area contributed by atoms with E-state index in [4.69, 9.17) is 0 Å². The molecule has 3 aliphatic rings. The average molecular weight is 192 g/mol. The van der Waals surface area contributed by atoms with E-state index in [9.17, 15) is 0 Å². The summed E-state index contributed by atoms with van der Waals surface area (Å²) in [5, 5.41) is 7.02. The zero-order chi connectivity index (χ0) is 9.54. The van der Waals surface area contributed by atoms with Crippen molar-refractivity contribution >= 4 is 5.95 Å². The van der Waals surface area contributed by atoms with Crippen molar-refractivity contribution in [3.05, 3.63) is 12.4 Å². The van der Waals surface area contributed by atoms with E-state index in [1.54, 1.807) is 0 Å². The van der Waals surface area contributed by atoms with Gasteiger partial charge in [0.1, 0.15) is 0 Å². The molecule has 2 aliphatic heterocycles. The Morgan fingerprint density at radius 3 is 3.29 bits per heavy atom. The monoisotopic (exact) mass is 192 g/mol. The van der Waals surface area contributed by atoms with Gasteiger partial charge < -0.3 is 15.2 Å². The number of fused-ring (bicyclic) bond motifs is 1. The molecule has 14 heavy (non-hydrogen) atoms. The van der Waals surface area contributed by atoms with Crippen molar-refractivity contribution in [3.8, 4) is 0 Å². The van der Waals surface area contributed by atoms with Crippen molar-refractivity contribution in [2.24, 2.45) is 5.92 Å². The highest BCUT2D eigenvalue weighted by molar-refractivity contribution is 5.32. The van der Waals surface area contributed by atoms with Crippen LogP contribution in [0.25, 0.3) is 0 Å². The van der Waals surface area contributed by atoms with E-state index in [1.165, 1.54) is 13.0 Å². The average Bonchev–Trinajstić information content (AvgIpc) is 2.88. The number of hydrogen-bond acceptors (Lipinski definition) is 3. The summed E-state index contributed by atoms with van der Waals surface area (Å²) in [5.74, 6) is 1.85. The third kappa shape index (κ3) is 1.07. The Bertz CT molecular complexity index is 319. The Labute approximate surface area is 83.7 Å². The summed E-state index contributed by atoms with van der Waals surface area (Å²) in [5.41, 5.74) is 0. The number of nitrogens with zero attached hydrogens (tertiary/aromatic N) is 2. The Hall–Kier alpha value is -1.03. The lowest BCUT2D eigenvalue weighted by atomic mass is 9.80. The van der Waals surface area contributed by atoms with Crippen LogP contribution in [-0.4, -0.2) is 28.2 Å². The van der Waals surface area contributed by atoms with Gasteiger partial charge in [-0.25, -0.2) is 4.98 Å². The first-order chi connectivity index (χ1) is 6.88. The first-order valence-corrected chi connectivity index (χ1v) is 5.39. The third-order valence-electron chi connectivity index (χ3n) is 3.49. The molecule has 3 atom stereocenters. The van der Waals surface area contributed by atoms with Gasteiger partial charge in [-0.2, -0.15) is 0 Å². The minimum atomic E-state index is 0.614. The highest BCUT2D eigenvalue weighted by atomic mass is 15.2. The molecule has 2 bridgehead atoms. The molecule has 4 heteroatoms. The Morgan fingerprint density at radius 2 is 2.64 bits per heavy atom. The maximum absolute atomic E-state index is 4.33. The van der Waals surface area contributed by atoms with Gasteiger partial charge in [0.15, 0.2) is 0 Å². The molecule has 1 aromatic rings. The van der Waals surface area contributed by atoms with E-state index in [0.717, 1.165) is 18.4 Å². The zero-order valence-corrected chi connectivity index (χ0v) is 8.40. The van der Waals surface area contributed by atoms with Crippen molar-refractivity contribution in [3.63, 3.8) is 0 Å². The second-order valence-corrected chi connectivity index (χ2v) is 4.22. The molecular weight excluding hydrogens is 176 g/mol. The highest BCUT2D eigenvalue weighted by Crippen LogP contribution is 2.35. The van der Waals surface area contributed by atoms with E-state index >= 15 is 0 Å². The molecule has 3 unspecified atom stereocenters. The van der Waals surface area contributed by atoms with Crippen LogP contribution in [-0.2, 0) is 6.54 Å². The number of nitrogens with one attached hydrogen (secondary N) is 2. The zero-order valence-electron chi connectivity index (χ0n) is 8.40. The van der Waals surface area contributed by atoms with Crippen molar-refractivity contribution in [2.75, 3.05) is 11.9 Å². The number of rotatable bonds is 3. The van der Waals surface area contributed by atoms with Crippen LogP contribution < -0.4 is 10.6 Å². The summed E-state index contributed by atoms with van der Waals surface area (Å²) in [4.78, 5) is 4.33. The lowest BCUT2D eigenvalue weighted by Crippen LogP contribution is -2.48. The lowest BCUT2D eigenvalue weighted by molar-refractivity contribution is 0.324. The summed E-state index contributed by atoms with van der Waals surface area (Å²) in [6.07, 6.45) is 5.22. The molecule has 2 N–H and O–H groups in total. The SMILES string of the molecule is CCn1ccnc1NC1C2CNC1C2. The van der Waals surface area contributed by atoms with Crippen molar-refractivity contribution < 1.29 is 0 Å². The van der Waals surface area contributed by atoms with Gasteiger partial charge in [0.2, 0.25) is 5.95 Å².